The van der Waals surface area contributed by atoms with E-state index in [0.717, 1.165) is 11.3 Å². The van der Waals surface area contributed by atoms with Crippen molar-refractivity contribution in [3.8, 4) is 0 Å². The number of para-hydroxylation sites is 1. The summed E-state index contributed by atoms with van der Waals surface area (Å²) in [5.41, 5.74) is 3.71. The molecule has 108 valence electrons. The highest BCUT2D eigenvalue weighted by Crippen LogP contribution is 2.24. The van der Waals surface area contributed by atoms with Crippen LogP contribution >= 0.6 is 12.2 Å². The predicted octanol–water partition coefficient (Wildman–Crippen LogP) is 3.74. The molecule has 1 aromatic heterocycles. The predicted molar refractivity (Wildman–Crippen MR) is 86.7 cm³/mol. The largest absolute Gasteiger partial charge is 0.330 e. The lowest BCUT2D eigenvalue weighted by Crippen LogP contribution is -2.28. The molecule has 0 bridgehead atoms. The molecular formula is C16H23N3S. The Bertz CT molecular complexity index is 668. The molecule has 1 N–H and O–H groups in total. The van der Waals surface area contributed by atoms with E-state index in [4.69, 9.17) is 12.2 Å². The number of hydrogen-bond donors (Lipinski definition) is 1. The molecule has 1 unspecified atom stereocenters. The zero-order valence-corrected chi connectivity index (χ0v) is 13.3. The Morgan fingerprint density at radius 1 is 1.40 bits per heavy atom. The van der Waals surface area contributed by atoms with Gasteiger partial charge in [-0.1, -0.05) is 12.1 Å². The minimum Gasteiger partial charge on any atom is -0.330 e. The van der Waals surface area contributed by atoms with Crippen LogP contribution in [0.4, 0.5) is 0 Å². The molecule has 1 aliphatic rings. The number of aryl methyl sites for hydroxylation is 1. The molecule has 2 heterocycles. The maximum Gasteiger partial charge on any atom is 0.178 e. The van der Waals surface area contributed by atoms with Crippen LogP contribution < -0.4 is 0 Å². The van der Waals surface area contributed by atoms with Gasteiger partial charge in [0, 0.05) is 19.1 Å². The van der Waals surface area contributed by atoms with Crippen molar-refractivity contribution in [1.29, 1.82) is 0 Å². The molecule has 0 spiro atoms. The van der Waals surface area contributed by atoms with E-state index in [-0.39, 0.29) is 0 Å². The van der Waals surface area contributed by atoms with Crippen LogP contribution in [0.25, 0.3) is 11.0 Å². The zero-order chi connectivity index (χ0) is 14.3. The molecule has 1 fully saturated rings. The molecule has 20 heavy (non-hydrogen) atoms. The summed E-state index contributed by atoms with van der Waals surface area (Å²) >= 11 is 5.52. The monoisotopic (exact) mass is 289 g/mol. The SMILES string of the molecule is Cc1cccc2c1[nH]c(=S)n2CC1CCN(C(C)C)C1. The summed E-state index contributed by atoms with van der Waals surface area (Å²) in [5.74, 6) is 0.712. The van der Waals surface area contributed by atoms with Gasteiger partial charge < -0.3 is 14.5 Å². The van der Waals surface area contributed by atoms with Gasteiger partial charge in [-0.05, 0) is 63.5 Å². The molecule has 0 amide bonds. The Hall–Kier alpha value is -1.13. The Morgan fingerprint density at radius 3 is 2.90 bits per heavy atom. The van der Waals surface area contributed by atoms with Gasteiger partial charge in [0.1, 0.15) is 0 Å². The lowest BCUT2D eigenvalue weighted by Gasteiger charge is -2.20. The van der Waals surface area contributed by atoms with Crippen molar-refractivity contribution >= 4 is 23.3 Å². The number of fused-ring (bicyclic) bond motifs is 1. The summed E-state index contributed by atoms with van der Waals surface area (Å²) in [4.78, 5) is 5.93. The van der Waals surface area contributed by atoms with Crippen LogP contribution in [0.3, 0.4) is 0 Å². The fourth-order valence-corrected chi connectivity index (χ4v) is 3.52. The van der Waals surface area contributed by atoms with Crippen LogP contribution in [0.5, 0.6) is 0 Å². The van der Waals surface area contributed by atoms with Crippen molar-refractivity contribution in [3.63, 3.8) is 0 Å². The minimum atomic E-state index is 0.651. The second kappa shape index (κ2) is 5.34. The van der Waals surface area contributed by atoms with Crippen LogP contribution in [0, 0.1) is 17.6 Å². The summed E-state index contributed by atoms with van der Waals surface area (Å²) < 4.78 is 3.14. The molecule has 1 aromatic carbocycles. The lowest BCUT2D eigenvalue weighted by atomic mass is 10.1. The van der Waals surface area contributed by atoms with Gasteiger partial charge in [-0.25, -0.2) is 0 Å². The number of aromatic nitrogens is 2. The van der Waals surface area contributed by atoms with Gasteiger partial charge in [0.25, 0.3) is 0 Å². The second-order valence-corrected chi connectivity index (χ2v) is 6.64. The number of imidazole rings is 1. The number of aromatic amines is 1. The first-order chi connectivity index (χ1) is 9.56. The molecule has 3 nitrogen and oxygen atoms in total. The maximum atomic E-state index is 5.52. The molecule has 4 heteroatoms. The molecule has 3 rings (SSSR count). The number of nitrogens with one attached hydrogen (secondary N) is 1. The van der Waals surface area contributed by atoms with E-state index in [9.17, 15) is 0 Å². The molecule has 1 saturated heterocycles. The van der Waals surface area contributed by atoms with Gasteiger partial charge in [-0.2, -0.15) is 0 Å². The van der Waals surface area contributed by atoms with Crippen LogP contribution in [0.2, 0.25) is 0 Å². The van der Waals surface area contributed by atoms with Crippen molar-refractivity contribution < 1.29 is 0 Å². The summed E-state index contributed by atoms with van der Waals surface area (Å²) in [6.07, 6.45) is 1.28. The Labute approximate surface area is 125 Å². The van der Waals surface area contributed by atoms with Crippen LogP contribution in [0.1, 0.15) is 25.8 Å². The third kappa shape index (κ3) is 2.42. The molecule has 0 saturated carbocycles. The van der Waals surface area contributed by atoms with Gasteiger partial charge in [0.05, 0.1) is 11.0 Å². The highest BCUT2D eigenvalue weighted by molar-refractivity contribution is 7.71. The first kappa shape index (κ1) is 13.8. The number of nitrogens with zero attached hydrogens (tertiary/aromatic N) is 2. The van der Waals surface area contributed by atoms with Crippen LogP contribution in [-0.2, 0) is 6.54 Å². The Balaban J connectivity index is 1.87. The van der Waals surface area contributed by atoms with Crippen molar-refractivity contribution in [2.24, 2.45) is 5.92 Å². The topological polar surface area (TPSA) is 24.0 Å². The zero-order valence-electron chi connectivity index (χ0n) is 12.5. The van der Waals surface area contributed by atoms with E-state index in [0.29, 0.717) is 12.0 Å². The van der Waals surface area contributed by atoms with Gasteiger partial charge in [-0.3, -0.25) is 0 Å². The fourth-order valence-electron chi connectivity index (χ4n) is 3.24. The van der Waals surface area contributed by atoms with E-state index >= 15 is 0 Å². The lowest BCUT2D eigenvalue weighted by molar-refractivity contribution is 0.261. The molecule has 1 aliphatic heterocycles. The van der Waals surface area contributed by atoms with Crippen LogP contribution in [0.15, 0.2) is 18.2 Å². The molecule has 2 aromatic rings. The Kier molecular flexibility index (Phi) is 3.69. The van der Waals surface area contributed by atoms with E-state index in [1.54, 1.807) is 0 Å². The number of hydrogen-bond acceptors (Lipinski definition) is 2. The van der Waals surface area contributed by atoms with Crippen molar-refractivity contribution in [2.45, 2.75) is 39.8 Å². The normalized spacial score (nSPS) is 20.3. The summed E-state index contributed by atoms with van der Waals surface area (Å²) in [7, 11) is 0. The summed E-state index contributed by atoms with van der Waals surface area (Å²) in [6.45, 7) is 10.1. The van der Waals surface area contributed by atoms with Crippen molar-refractivity contribution in [2.75, 3.05) is 13.1 Å². The average molecular weight is 289 g/mol. The van der Waals surface area contributed by atoms with E-state index in [2.05, 4.69) is 53.4 Å². The second-order valence-electron chi connectivity index (χ2n) is 6.25. The van der Waals surface area contributed by atoms with Crippen LogP contribution in [-0.4, -0.2) is 33.6 Å². The number of rotatable bonds is 3. The number of likely N-dealkylation sites (tertiary alicyclic amines) is 1. The smallest absolute Gasteiger partial charge is 0.178 e. The first-order valence-electron chi connectivity index (χ1n) is 7.48. The molecule has 0 aliphatic carbocycles. The molecule has 0 radical (unpaired) electrons. The van der Waals surface area contributed by atoms with Gasteiger partial charge >= 0.3 is 0 Å². The third-order valence-corrected chi connectivity index (χ3v) is 4.83. The first-order valence-corrected chi connectivity index (χ1v) is 7.89. The standard InChI is InChI=1S/C16H23N3S/c1-11(2)18-8-7-13(9-18)10-19-14-6-4-5-12(3)15(14)17-16(19)20/h4-6,11,13H,7-10H2,1-3H3,(H,17,20). The fraction of sp³-hybridized carbons (Fsp3) is 0.562. The van der Waals surface area contributed by atoms with E-state index in [1.165, 1.54) is 36.1 Å². The van der Waals surface area contributed by atoms with Gasteiger partial charge in [0.15, 0.2) is 4.77 Å². The van der Waals surface area contributed by atoms with E-state index < -0.39 is 0 Å². The van der Waals surface area contributed by atoms with E-state index in [1.807, 2.05) is 0 Å². The highest BCUT2D eigenvalue weighted by atomic mass is 32.1. The third-order valence-electron chi connectivity index (χ3n) is 4.51. The highest BCUT2D eigenvalue weighted by Gasteiger charge is 2.25. The molecule has 1 atom stereocenters. The molecular weight excluding hydrogens is 266 g/mol. The minimum absolute atomic E-state index is 0.651. The number of benzene rings is 1. The maximum absolute atomic E-state index is 5.52. The van der Waals surface area contributed by atoms with Gasteiger partial charge in [0.2, 0.25) is 0 Å². The van der Waals surface area contributed by atoms with Gasteiger partial charge in [-0.15, -0.1) is 0 Å². The number of H-pyrrole nitrogens is 1. The average Bonchev–Trinajstić information content (AvgIpc) is 2.98. The van der Waals surface area contributed by atoms with Crippen molar-refractivity contribution in [3.05, 3.63) is 28.5 Å². The summed E-state index contributed by atoms with van der Waals surface area (Å²) in [5, 5.41) is 0. The Morgan fingerprint density at radius 2 is 2.20 bits per heavy atom. The van der Waals surface area contributed by atoms with Crippen molar-refractivity contribution in [1.82, 2.24) is 14.5 Å². The quantitative estimate of drug-likeness (QED) is 0.870. The summed E-state index contributed by atoms with van der Waals surface area (Å²) in [6, 6.07) is 7.07.